The number of aromatic nitrogens is 4. The number of fused-ring (bicyclic) bond motifs is 1. The van der Waals surface area contributed by atoms with Gasteiger partial charge < -0.3 is 5.32 Å². The first-order chi connectivity index (χ1) is 8.81. The summed E-state index contributed by atoms with van der Waals surface area (Å²) in [5, 5.41) is 8.07. The highest BCUT2D eigenvalue weighted by Gasteiger charge is 2.03. The quantitative estimate of drug-likeness (QED) is 0.785. The average molecular weight is 260 g/mol. The molecule has 5 nitrogen and oxygen atoms in total. The molecular weight excluding hydrogens is 250 g/mol. The summed E-state index contributed by atoms with van der Waals surface area (Å²) in [5.74, 6) is 0.578. The lowest BCUT2D eigenvalue weighted by atomic mass is 10.3. The van der Waals surface area contributed by atoms with Crippen LogP contribution in [0.15, 0.2) is 42.9 Å². The number of anilines is 1. The van der Waals surface area contributed by atoms with Crippen molar-refractivity contribution in [2.24, 2.45) is 0 Å². The summed E-state index contributed by atoms with van der Waals surface area (Å²) in [7, 11) is 0. The Balaban J connectivity index is 1.79. The Morgan fingerprint density at radius 2 is 2.00 bits per heavy atom. The van der Waals surface area contributed by atoms with Crippen LogP contribution in [0.2, 0.25) is 5.02 Å². The van der Waals surface area contributed by atoms with Crippen molar-refractivity contribution in [1.29, 1.82) is 0 Å². The zero-order chi connectivity index (χ0) is 12.4. The predicted octanol–water partition coefficient (Wildman–Crippen LogP) is 2.39. The molecule has 0 radical (unpaired) electrons. The van der Waals surface area contributed by atoms with Crippen LogP contribution < -0.4 is 5.32 Å². The molecule has 3 aromatic heterocycles. The van der Waals surface area contributed by atoms with Gasteiger partial charge in [-0.15, -0.1) is 5.10 Å². The first kappa shape index (κ1) is 11.0. The molecule has 3 aromatic rings. The van der Waals surface area contributed by atoms with Crippen molar-refractivity contribution in [2.45, 2.75) is 6.54 Å². The van der Waals surface area contributed by atoms with Crippen LogP contribution in [0.5, 0.6) is 0 Å². The summed E-state index contributed by atoms with van der Waals surface area (Å²) in [6, 6.07) is 7.50. The number of hydrogen-bond donors (Lipinski definition) is 1. The van der Waals surface area contributed by atoms with Gasteiger partial charge in [0.05, 0.1) is 5.02 Å². The van der Waals surface area contributed by atoms with Crippen LogP contribution in [0.25, 0.3) is 5.65 Å². The molecule has 3 rings (SSSR count). The Morgan fingerprint density at radius 3 is 2.83 bits per heavy atom. The van der Waals surface area contributed by atoms with Gasteiger partial charge in [0.1, 0.15) is 0 Å². The van der Waals surface area contributed by atoms with Crippen molar-refractivity contribution in [3.05, 3.63) is 53.4 Å². The van der Waals surface area contributed by atoms with E-state index in [0.29, 0.717) is 17.5 Å². The SMILES string of the molecule is Clc1ccc2nc(NCc3ccncc3)nn2c1. The molecule has 0 unspecified atom stereocenters. The lowest BCUT2D eigenvalue weighted by molar-refractivity contribution is 0.950. The number of nitrogens with zero attached hydrogens (tertiary/aromatic N) is 4. The van der Waals surface area contributed by atoms with E-state index >= 15 is 0 Å². The third-order valence-corrected chi connectivity index (χ3v) is 2.72. The first-order valence-electron chi connectivity index (χ1n) is 5.46. The van der Waals surface area contributed by atoms with Crippen molar-refractivity contribution < 1.29 is 0 Å². The van der Waals surface area contributed by atoms with Gasteiger partial charge in [0, 0.05) is 25.1 Å². The molecule has 0 saturated heterocycles. The topological polar surface area (TPSA) is 55.1 Å². The maximum atomic E-state index is 5.88. The molecule has 0 aromatic carbocycles. The third kappa shape index (κ3) is 2.26. The van der Waals surface area contributed by atoms with E-state index < -0.39 is 0 Å². The van der Waals surface area contributed by atoms with Gasteiger partial charge in [0.15, 0.2) is 5.65 Å². The van der Waals surface area contributed by atoms with E-state index in [2.05, 4.69) is 20.4 Å². The van der Waals surface area contributed by atoms with Gasteiger partial charge in [-0.1, -0.05) is 11.6 Å². The van der Waals surface area contributed by atoms with Crippen molar-refractivity contribution in [2.75, 3.05) is 5.32 Å². The Morgan fingerprint density at radius 1 is 1.17 bits per heavy atom. The molecule has 6 heteroatoms. The highest BCUT2D eigenvalue weighted by atomic mass is 35.5. The summed E-state index contributed by atoms with van der Waals surface area (Å²) in [5.41, 5.74) is 1.89. The summed E-state index contributed by atoms with van der Waals surface area (Å²) in [4.78, 5) is 8.30. The van der Waals surface area contributed by atoms with Gasteiger partial charge in [-0.2, -0.15) is 4.98 Å². The Hall–Kier alpha value is -2.14. The fraction of sp³-hybridized carbons (Fsp3) is 0.0833. The van der Waals surface area contributed by atoms with E-state index in [1.807, 2.05) is 18.2 Å². The maximum Gasteiger partial charge on any atom is 0.243 e. The monoisotopic (exact) mass is 259 g/mol. The number of rotatable bonds is 3. The molecule has 0 bridgehead atoms. The summed E-state index contributed by atoms with van der Waals surface area (Å²) in [6.45, 7) is 0.660. The van der Waals surface area contributed by atoms with Crippen molar-refractivity contribution in [3.8, 4) is 0 Å². The van der Waals surface area contributed by atoms with E-state index in [0.717, 1.165) is 11.2 Å². The van der Waals surface area contributed by atoms with Gasteiger partial charge in [0.25, 0.3) is 0 Å². The van der Waals surface area contributed by atoms with Crippen molar-refractivity contribution in [3.63, 3.8) is 0 Å². The van der Waals surface area contributed by atoms with Gasteiger partial charge in [-0.25, -0.2) is 4.52 Å². The molecule has 0 fully saturated rings. The fourth-order valence-electron chi connectivity index (χ4n) is 1.61. The molecule has 0 spiro atoms. The van der Waals surface area contributed by atoms with E-state index in [1.165, 1.54) is 0 Å². The molecule has 1 N–H and O–H groups in total. The Bertz CT molecular complexity index is 665. The number of hydrogen-bond acceptors (Lipinski definition) is 4. The number of pyridine rings is 2. The minimum Gasteiger partial charge on any atom is -0.349 e. The lowest BCUT2D eigenvalue weighted by Crippen LogP contribution is -2.01. The van der Waals surface area contributed by atoms with Gasteiger partial charge in [-0.05, 0) is 29.8 Å². The van der Waals surface area contributed by atoms with Crippen LogP contribution in [0, 0.1) is 0 Å². The van der Waals surface area contributed by atoms with Gasteiger partial charge in [0.2, 0.25) is 5.95 Å². The van der Waals surface area contributed by atoms with Crippen molar-refractivity contribution in [1.82, 2.24) is 19.6 Å². The summed E-state index contributed by atoms with van der Waals surface area (Å²) in [6.07, 6.45) is 5.24. The largest absolute Gasteiger partial charge is 0.349 e. The van der Waals surface area contributed by atoms with E-state index in [-0.39, 0.29) is 0 Å². The molecule has 18 heavy (non-hydrogen) atoms. The highest BCUT2D eigenvalue weighted by molar-refractivity contribution is 6.30. The zero-order valence-electron chi connectivity index (χ0n) is 9.42. The Kier molecular flexibility index (Phi) is 2.82. The molecule has 0 aliphatic heterocycles. The smallest absolute Gasteiger partial charge is 0.243 e. The first-order valence-corrected chi connectivity index (χ1v) is 5.84. The van der Waals surface area contributed by atoms with Crippen LogP contribution in [0.1, 0.15) is 5.56 Å². The van der Waals surface area contributed by atoms with Gasteiger partial charge >= 0.3 is 0 Å². The Labute approximate surface area is 108 Å². The lowest BCUT2D eigenvalue weighted by Gasteiger charge is -2.00. The van der Waals surface area contributed by atoms with Crippen LogP contribution in [-0.2, 0) is 6.54 Å². The molecule has 0 saturated carbocycles. The third-order valence-electron chi connectivity index (χ3n) is 2.49. The van der Waals surface area contributed by atoms with E-state index in [4.69, 9.17) is 11.6 Å². The molecule has 3 heterocycles. The normalized spacial score (nSPS) is 10.7. The zero-order valence-corrected chi connectivity index (χ0v) is 10.2. The number of halogens is 1. The molecule has 0 aliphatic rings. The minimum atomic E-state index is 0.578. The molecule has 90 valence electrons. The van der Waals surface area contributed by atoms with E-state index in [9.17, 15) is 0 Å². The average Bonchev–Trinajstić information content (AvgIpc) is 2.79. The van der Waals surface area contributed by atoms with E-state index in [1.54, 1.807) is 29.2 Å². The fourth-order valence-corrected chi connectivity index (χ4v) is 1.77. The molecule has 0 amide bonds. The second kappa shape index (κ2) is 4.62. The standard InChI is InChI=1S/C12H10ClN5/c13-10-1-2-11-16-12(17-18(11)8-10)15-7-9-3-5-14-6-4-9/h1-6,8H,7H2,(H,15,17). The molecule has 0 aliphatic carbocycles. The second-order valence-electron chi connectivity index (χ2n) is 3.79. The van der Waals surface area contributed by atoms with Crippen LogP contribution in [-0.4, -0.2) is 19.6 Å². The number of nitrogens with one attached hydrogen (secondary N) is 1. The molecule has 0 atom stereocenters. The minimum absolute atomic E-state index is 0.578. The van der Waals surface area contributed by atoms with Crippen molar-refractivity contribution >= 4 is 23.2 Å². The summed E-state index contributed by atoms with van der Waals surface area (Å²) >= 11 is 5.88. The molecular formula is C12H10ClN5. The second-order valence-corrected chi connectivity index (χ2v) is 4.23. The van der Waals surface area contributed by atoms with Crippen LogP contribution in [0.3, 0.4) is 0 Å². The van der Waals surface area contributed by atoms with Crippen LogP contribution >= 0.6 is 11.6 Å². The predicted molar refractivity (Wildman–Crippen MR) is 69.6 cm³/mol. The maximum absolute atomic E-state index is 5.88. The highest BCUT2D eigenvalue weighted by Crippen LogP contribution is 2.11. The van der Waals surface area contributed by atoms with Gasteiger partial charge in [-0.3, -0.25) is 4.98 Å². The summed E-state index contributed by atoms with van der Waals surface area (Å²) < 4.78 is 1.65. The van der Waals surface area contributed by atoms with Crippen LogP contribution in [0.4, 0.5) is 5.95 Å².